The molecule has 0 radical (unpaired) electrons. The minimum Gasteiger partial charge on any atom is -0.469 e. The van der Waals surface area contributed by atoms with E-state index in [1.165, 1.54) is 0 Å². The molecule has 0 aliphatic heterocycles. The van der Waals surface area contributed by atoms with Gasteiger partial charge < -0.3 is 15.1 Å². The second-order valence-electron chi connectivity index (χ2n) is 4.67. The molecule has 0 saturated heterocycles. The number of furan rings is 1. The molecular weight excluding hydrogens is 391 g/mol. The van der Waals surface area contributed by atoms with Crippen LogP contribution in [0.15, 0.2) is 52.2 Å². The van der Waals surface area contributed by atoms with Crippen LogP contribution in [0.5, 0.6) is 0 Å². The third-order valence-corrected chi connectivity index (χ3v) is 2.91. The Morgan fingerprint density at radius 2 is 2.05 bits per heavy atom. The zero-order chi connectivity index (χ0) is 14.8. The van der Waals surface area contributed by atoms with Crippen molar-refractivity contribution in [1.82, 2.24) is 15.6 Å². The number of nitrogens with zero attached hydrogens (tertiary/aromatic N) is 2. The number of rotatable bonds is 7. The van der Waals surface area contributed by atoms with Crippen LogP contribution >= 0.6 is 24.0 Å². The number of halogens is 1. The van der Waals surface area contributed by atoms with Crippen molar-refractivity contribution in [1.29, 1.82) is 0 Å². The minimum absolute atomic E-state index is 0. The fourth-order valence-electron chi connectivity index (χ4n) is 1.83. The van der Waals surface area contributed by atoms with Crippen molar-refractivity contribution in [2.24, 2.45) is 4.99 Å². The highest BCUT2D eigenvalue weighted by Gasteiger charge is 2.00. The number of guanidine groups is 1. The summed E-state index contributed by atoms with van der Waals surface area (Å²) in [6, 6.07) is 9.74. The molecule has 2 aromatic rings. The molecule has 120 valence electrons. The Morgan fingerprint density at radius 3 is 2.73 bits per heavy atom. The smallest absolute Gasteiger partial charge is 0.191 e. The van der Waals surface area contributed by atoms with Crippen molar-refractivity contribution in [2.75, 3.05) is 13.1 Å². The van der Waals surface area contributed by atoms with Gasteiger partial charge in [0.2, 0.25) is 0 Å². The number of hydrogen-bond acceptors (Lipinski definition) is 3. The van der Waals surface area contributed by atoms with Gasteiger partial charge in [-0.3, -0.25) is 4.98 Å². The van der Waals surface area contributed by atoms with Crippen molar-refractivity contribution in [2.45, 2.75) is 26.3 Å². The van der Waals surface area contributed by atoms with E-state index in [4.69, 9.17) is 4.42 Å². The number of aliphatic imine (C=N–C) groups is 1. The van der Waals surface area contributed by atoms with E-state index in [1.807, 2.05) is 30.3 Å². The van der Waals surface area contributed by atoms with Crippen LogP contribution in [-0.2, 0) is 13.0 Å². The number of pyridine rings is 1. The van der Waals surface area contributed by atoms with Crippen LogP contribution < -0.4 is 10.6 Å². The third kappa shape index (κ3) is 6.93. The molecule has 0 unspecified atom stereocenters. The first-order valence-electron chi connectivity index (χ1n) is 7.33. The van der Waals surface area contributed by atoms with Gasteiger partial charge in [0.05, 0.1) is 18.5 Å². The molecule has 2 rings (SSSR count). The predicted molar refractivity (Wildman–Crippen MR) is 99.5 cm³/mol. The first-order chi connectivity index (χ1) is 10.4. The quantitative estimate of drug-likeness (QED) is 0.416. The van der Waals surface area contributed by atoms with Gasteiger partial charge in [-0.1, -0.05) is 13.0 Å². The van der Waals surface area contributed by atoms with Crippen LogP contribution in [0.3, 0.4) is 0 Å². The van der Waals surface area contributed by atoms with E-state index in [2.05, 4.69) is 27.5 Å². The molecule has 0 spiro atoms. The van der Waals surface area contributed by atoms with Gasteiger partial charge >= 0.3 is 0 Å². The maximum Gasteiger partial charge on any atom is 0.191 e. The second-order valence-corrected chi connectivity index (χ2v) is 4.67. The monoisotopic (exact) mass is 414 g/mol. The van der Waals surface area contributed by atoms with Gasteiger partial charge in [-0.05, 0) is 30.7 Å². The van der Waals surface area contributed by atoms with Crippen LogP contribution in [0, 0.1) is 0 Å². The SMILES string of the molecule is CCCNC(=NCc1ccccn1)NCCc1ccco1.I. The molecule has 0 fully saturated rings. The first-order valence-corrected chi connectivity index (χ1v) is 7.33. The van der Waals surface area contributed by atoms with Crippen molar-refractivity contribution >= 4 is 29.9 Å². The summed E-state index contributed by atoms with van der Waals surface area (Å²) in [5, 5.41) is 6.61. The summed E-state index contributed by atoms with van der Waals surface area (Å²) in [7, 11) is 0. The fourth-order valence-corrected chi connectivity index (χ4v) is 1.83. The average molecular weight is 414 g/mol. The highest BCUT2D eigenvalue weighted by atomic mass is 127. The van der Waals surface area contributed by atoms with E-state index in [9.17, 15) is 0 Å². The van der Waals surface area contributed by atoms with E-state index in [0.29, 0.717) is 6.54 Å². The summed E-state index contributed by atoms with van der Waals surface area (Å²) in [5.41, 5.74) is 0.959. The van der Waals surface area contributed by atoms with Crippen LogP contribution in [-0.4, -0.2) is 24.0 Å². The Bertz CT molecular complexity index is 528. The highest BCUT2D eigenvalue weighted by Crippen LogP contribution is 1.99. The van der Waals surface area contributed by atoms with Crippen molar-refractivity contribution in [3.8, 4) is 0 Å². The molecular formula is C16H23IN4O. The third-order valence-electron chi connectivity index (χ3n) is 2.91. The van der Waals surface area contributed by atoms with Gasteiger partial charge in [0.15, 0.2) is 5.96 Å². The van der Waals surface area contributed by atoms with Gasteiger partial charge in [-0.2, -0.15) is 0 Å². The topological polar surface area (TPSA) is 62.5 Å². The Labute approximate surface area is 148 Å². The van der Waals surface area contributed by atoms with Gasteiger partial charge in [0.25, 0.3) is 0 Å². The highest BCUT2D eigenvalue weighted by molar-refractivity contribution is 14.0. The molecule has 6 heteroatoms. The first kappa shape index (κ1) is 18.5. The normalized spacial score (nSPS) is 10.9. The maximum absolute atomic E-state index is 5.32. The molecule has 2 aromatic heterocycles. The van der Waals surface area contributed by atoms with Gasteiger partial charge in [-0.15, -0.1) is 24.0 Å². The zero-order valence-corrected chi connectivity index (χ0v) is 15.1. The lowest BCUT2D eigenvalue weighted by Crippen LogP contribution is -2.38. The standard InChI is InChI=1S/C16H22N4O.HI/c1-2-9-18-16(19-11-8-15-7-5-12-21-15)20-13-14-6-3-4-10-17-14;/h3-7,10,12H,2,8-9,11,13H2,1H3,(H2,18,19,20);1H. The molecule has 0 aliphatic carbocycles. The fraction of sp³-hybridized carbons (Fsp3) is 0.375. The van der Waals surface area contributed by atoms with E-state index in [0.717, 1.165) is 43.3 Å². The number of hydrogen-bond donors (Lipinski definition) is 2. The second kappa shape index (κ2) is 11.1. The van der Waals surface area contributed by atoms with Crippen LogP contribution in [0.25, 0.3) is 0 Å². The van der Waals surface area contributed by atoms with E-state index in [1.54, 1.807) is 12.5 Å². The molecule has 0 aliphatic rings. The Hall–Kier alpha value is -1.57. The Balaban J connectivity index is 0.00000242. The molecule has 2 heterocycles. The van der Waals surface area contributed by atoms with Crippen LogP contribution in [0.2, 0.25) is 0 Å². The lowest BCUT2D eigenvalue weighted by Gasteiger charge is -2.11. The average Bonchev–Trinajstić information content (AvgIpc) is 3.04. The van der Waals surface area contributed by atoms with Crippen molar-refractivity contribution < 1.29 is 4.42 Å². The van der Waals surface area contributed by atoms with Crippen molar-refractivity contribution in [3.05, 3.63) is 54.2 Å². The van der Waals surface area contributed by atoms with Crippen LogP contribution in [0.1, 0.15) is 24.8 Å². The Kier molecular flexibility index (Phi) is 9.29. The van der Waals surface area contributed by atoms with Gasteiger partial charge in [0, 0.05) is 25.7 Å². The molecule has 2 N–H and O–H groups in total. The van der Waals surface area contributed by atoms with Gasteiger partial charge in [0.1, 0.15) is 5.76 Å². The molecule has 0 saturated carbocycles. The molecule has 22 heavy (non-hydrogen) atoms. The number of nitrogens with one attached hydrogen (secondary N) is 2. The predicted octanol–water partition coefficient (Wildman–Crippen LogP) is 2.98. The summed E-state index contributed by atoms with van der Waals surface area (Å²) in [6.45, 7) is 4.38. The summed E-state index contributed by atoms with van der Waals surface area (Å²) >= 11 is 0. The summed E-state index contributed by atoms with van der Waals surface area (Å²) < 4.78 is 5.32. The largest absolute Gasteiger partial charge is 0.469 e. The summed E-state index contributed by atoms with van der Waals surface area (Å²) in [5.74, 6) is 1.79. The Morgan fingerprint density at radius 1 is 1.18 bits per heavy atom. The molecule has 0 aromatic carbocycles. The van der Waals surface area contributed by atoms with Gasteiger partial charge in [-0.25, -0.2) is 4.99 Å². The molecule has 5 nitrogen and oxygen atoms in total. The zero-order valence-electron chi connectivity index (χ0n) is 12.8. The maximum atomic E-state index is 5.32. The lowest BCUT2D eigenvalue weighted by molar-refractivity contribution is 0.506. The lowest BCUT2D eigenvalue weighted by atomic mass is 10.3. The van der Waals surface area contributed by atoms with E-state index >= 15 is 0 Å². The number of aromatic nitrogens is 1. The summed E-state index contributed by atoms with van der Waals surface area (Å²) in [4.78, 5) is 8.83. The minimum atomic E-state index is 0. The van der Waals surface area contributed by atoms with E-state index in [-0.39, 0.29) is 24.0 Å². The molecule has 0 amide bonds. The van der Waals surface area contributed by atoms with Crippen molar-refractivity contribution in [3.63, 3.8) is 0 Å². The molecule has 0 atom stereocenters. The molecule has 0 bridgehead atoms. The van der Waals surface area contributed by atoms with Crippen LogP contribution in [0.4, 0.5) is 0 Å². The summed E-state index contributed by atoms with van der Waals surface area (Å²) in [6.07, 6.45) is 5.38. The van der Waals surface area contributed by atoms with E-state index < -0.39 is 0 Å².